The molecule has 3 rings (SSSR count). The molecule has 0 saturated heterocycles. The van der Waals surface area contributed by atoms with Gasteiger partial charge in [0.25, 0.3) is 10.0 Å². The monoisotopic (exact) mass is 420 g/mol. The number of hydrogen-bond donors (Lipinski definition) is 2. The largest absolute Gasteiger partial charge is 0.325 e. The van der Waals surface area contributed by atoms with E-state index < -0.39 is 10.0 Å². The first kappa shape index (κ1) is 20.1. The molecule has 11 heteroatoms. The minimum Gasteiger partial charge on any atom is -0.325 e. The second kappa shape index (κ2) is 9.02. The minimum atomic E-state index is -3.73. The molecule has 28 heavy (non-hydrogen) atoms. The van der Waals surface area contributed by atoms with Gasteiger partial charge in [0.1, 0.15) is 12.2 Å². The molecule has 0 bridgehead atoms. The quantitative estimate of drug-likeness (QED) is 0.495. The highest BCUT2D eigenvalue weighted by molar-refractivity contribution is 7.99. The number of aliphatic imine (C=N–C) groups is 1. The first-order valence-electron chi connectivity index (χ1n) is 8.55. The summed E-state index contributed by atoms with van der Waals surface area (Å²) in [5.74, 6) is 0.303. The zero-order chi connectivity index (χ0) is 20.0. The van der Waals surface area contributed by atoms with Crippen molar-refractivity contribution in [2.75, 3.05) is 17.6 Å². The Bertz CT molecular complexity index is 1000. The lowest BCUT2D eigenvalue weighted by atomic mass is 10.3. The van der Waals surface area contributed by atoms with Crippen molar-refractivity contribution in [2.45, 2.75) is 29.4 Å². The predicted octanol–water partition coefficient (Wildman–Crippen LogP) is 1.67. The molecular formula is C17H20N6O3S2. The van der Waals surface area contributed by atoms with E-state index in [1.807, 2.05) is 0 Å². The zero-order valence-corrected chi connectivity index (χ0v) is 16.7. The number of carbonyl (C=O) groups excluding carboxylic acids is 1. The maximum absolute atomic E-state index is 12.5. The average Bonchev–Trinajstić information content (AvgIpc) is 3.32. The van der Waals surface area contributed by atoms with E-state index in [0.29, 0.717) is 36.2 Å². The van der Waals surface area contributed by atoms with E-state index >= 15 is 0 Å². The molecule has 0 aliphatic carbocycles. The summed E-state index contributed by atoms with van der Waals surface area (Å²) in [6.07, 6.45) is 4.73. The normalized spacial score (nSPS) is 13.8. The summed E-state index contributed by atoms with van der Waals surface area (Å²) < 4.78 is 29.2. The number of amidine groups is 1. The van der Waals surface area contributed by atoms with Crippen LogP contribution in [-0.2, 0) is 21.4 Å². The molecule has 0 radical (unpaired) electrons. The standard InChI is InChI=1S/C17H20N6O3S2/c1-2-9-23-12-19-21-17(23)27-11-16(24)20-13-5-3-6-14(10-13)28(25,26)22-15-7-4-8-18-15/h2-3,5-6,10,12H,1,4,7-9,11H2,(H,18,22)(H,20,24). The number of sulfonamides is 1. The number of benzene rings is 1. The zero-order valence-electron chi connectivity index (χ0n) is 15.0. The highest BCUT2D eigenvalue weighted by Crippen LogP contribution is 2.18. The van der Waals surface area contributed by atoms with Gasteiger partial charge in [-0.3, -0.25) is 14.5 Å². The van der Waals surface area contributed by atoms with Gasteiger partial charge in [0.05, 0.1) is 10.6 Å². The van der Waals surface area contributed by atoms with Crippen molar-refractivity contribution in [3.05, 3.63) is 43.2 Å². The summed E-state index contributed by atoms with van der Waals surface area (Å²) in [6.45, 7) is 4.84. The number of anilines is 1. The number of allylic oxidation sites excluding steroid dienone is 1. The number of aromatic nitrogens is 3. The van der Waals surface area contributed by atoms with Crippen LogP contribution in [0.1, 0.15) is 12.8 Å². The Kier molecular flexibility index (Phi) is 6.47. The molecule has 9 nitrogen and oxygen atoms in total. The van der Waals surface area contributed by atoms with Crippen LogP contribution in [-0.4, -0.2) is 47.2 Å². The van der Waals surface area contributed by atoms with Crippen molar-refractivity contribution in [1.82, 2.24) is 19.5 Å². The smallest absolute Gasteiger partial charge is 0.262 e. The third-order valence-electron chi connectivity index (χ3n) is 3.79. The Labute approximate surface area is 167 Å². The molecule has 0 saturated carbocycles. The topological polar surface area (TPSA) is 118 Å². The van der Waals surface area contributed by atoms with E-state index in [1.54, 1.807) is 29.1 Å². The fourth-order valence-corrected chi connectivity index (χ4v) is 4.38. The van der Waals surface area contributed by atoms with Gasteiger partial charge in [-0.15, -0.1) is 16.8 Å². The highest BCUT2D eigenvalue weighted by atomic mass is 32.2. The Hall–Kier alpha value is -2.66. The molecule has 0 unspecified atom stereocenters. The van der Waals surface area contributed by atoms with E-state index in [2.05, 4.69) is 31.8 Å². The first-order chi connectivity index (χ1) is 13.5. The predicted molar refractivity (Wildman–Crippen MR) is 108 cm³/mol. The summed E-state index contributed by atoms with van der Waals surface area (Å²) in [5, 5.41) is 11.1. The van der Waals surface area contributed by atoms with Gasteiger partial charge in [0, 0.05) is 25.2 Å². The second-order valence-electron chi connectivity index (χ2n) is 5.96. The summed E-state index contributed by atoms with van der Waals surface area (Å²) in [6, 6.07) is 6.10. The lowest BCUT2D eigenvalue weighted by Gasteiger charge is -2.10. The van der Waals surface area contributed by atoms with Gasteiger partial charge in [0.15, 0.2) is 5.16 Å². The lowest BCUT2D eigenvalue weighted by molar-refractivity contribution is -0.113. The van der Waals surface area contributed by atoms with Gasteiger partial charge in [0.2, 0.25) is 5.91 Å². The molecule has 1 amide bonds. The van der Waals surface area contributed by atoms with Gasteiger partial charge in [-0.05, 0) is 24.6 Å². The van der Waals surface area contributed by atoms with E-state index in [4.69, 9.17) is 0 Å². The Morgan fingerprint density at radius 1 is 1.39 bits per heavy atom. The molecule has 2 aromatic rings. The maximum atomic E-state index is 12.5. The number of nitrogens with zero attached hydrogens (tertiary/aromatic N) is 4. The summed E-state index contributed by atoms with van der Waals surface area (Å²) in [5.41, 5.74) is 0.398. The maximum Gasteiger partial charge on any atom is 0.262 e. The van der Waals surface area contributed by atoms with E-state index in [0.717, 1.165) is 6.42 Å². The van der Waals surface area contributed by atoms with Crippen LogP contribution in [0.2, 0.25) is 0 Å². The van der Waals surface area contributed by atoms with Gasteiger partial charge in [-0.2, -0.15) is 0 Å². The first-order valence-corrected chi connectivity index (χ1v) is 11.0. The number of nitrogens with one attached hydrogen (secondary N) is 2. The third kappa shape index (κ3) is 5.20. The van der Waals surface area contributed by atoms with Crippen molar-refractivity contribution in [2.24, 2.45) is 4.99 Å². The van der Waals surface area contributed by atoms with Crippen LogP contribution >= 0.6 is 11.8 Å². The van der Waals surface area contributed by atoms with Crippen molar-refractivity contribution in [3.8, 4) is 0 Å². The van der Waals surface area contributed by atoms with E-state index in [9.17, 15) is 13.2 Å². The molecular weight excluding hydrogens is 400 g/mol. The Balaban J connectivity index is 1.61. The van der Waals surface area contributed by atoms with Gasteiger partial charge < -0.3 is 9.88 Å². The molecule has 2 N–H and O–H groups in total. The Morgan fingerprint density at radius 2 is 2.25 bits per heavy atom. The second-order valence-corrected chi connectivity index (χ2v) is 8.58. The molecule has 2 heterocycles. The van der Waals surface area contributed by atoms with Crippen LogP contribution < -0.4 is 10.0 Å². The molecule has 1 aromatic carbocycles. The number of rotatable bonds is 8. The summed E-state index contributed by atoms with van der Waals surface area (Å²) in [7, 11) is -3.73. The van der Waals surface area contributed by atoms with Gasteiger partial charge in [-0.25, -0.2) is 8.42 Å². The minimum absolute atomic E-state index is 0.0679. The van der Waals surface area contributed by atoms with Crippen LogP contribution in [0.5, 0.6) is 0 Å². The van der Waals surface area contributed by atoms with E-state index in [1.165, 1.54) is 23.9 Å². The van der Waals surface area contributed by atoms with Gasteiger partial charge >= 0.3 is 0 Å². The van der Waals surface area contributed by atoms with Crippen LogP contribution in [0.4, 0.5) is 5.69 Å². The number of carbonyl (C=O) groups is 1. The SMILES string of the molecule is C=CCn1cnnc1SCC(=O)Nc1cccc(S(=O)(=O)NC2=NCCC2)c1. The Morgan fingerprint density at radius 3 is 3.00 bits per heavy atom. The van der Waals surface area contributed by atoms with Crippen molar-refractivity contribution in [1.29, 1.82) is 0 Å². The molecule has 1 aliphatic rings. The number of hydrogen-bond acceptors (Lipinski definition) is 7. The third-order valence-corrected chi connectivity index (χ3v) is 6.15. The fourth-order valence-electron chi connectivity index (χ4n) is 2.53. The van der Waals surface area contributed by atoms with Crippen LogP contribution in [0, 0.1) is 0 Å². The summed E-state index contributed by atoms with van der Waals surface area (Å²) >= 11 is 1.24. The lowest BCUT2D eigenvalue weighted by Crippen LogP contribution is -2.29. The number of amides is 1. The summed E-state index contributed by atoms with van der Waals surface area (Å²) in [4.78, 5) is 16.4. The van der Waals surface area contributed by atoms with Crippen LogP contribution in [0.3, 0.4) is 0 Å². The van der Waals surface area contributed by atoms with Gasteiger partial charge in [-0.1, -0.05) is 23.9 Å². The molecule has 0 atom stereocenters. The molecule has 1 aliphatic heterocycles. The molecule has 148 valence electrons. The van der Waals surface area contributed by atoms with Crippen molar-refractivity contribution < 1.29 is 13.2 Å². The van der Waals surface area contributed by atoms with Crippen molar-refractivity contribution >= 4 is 39.2 Å². The number of thioether (sulfide) groups is 1. The van der Waals surface area contributed by atoms with E-state index in [-0.39, 0.29) is 16.6 Å². The molecule has 0 fully saturated rings. The fraction of sp³-hybridized carbons (Fsp3) is 0.294. The molecule has 0 spiro atoms. The highest BCUT2D eigenvalue weighted by Gasteiger charge is 2.19. The van der Waals surface area contributed by atoms with Crippen molar-refractivity contribution in [3.63, 3.8) is 0 Å². The molecule has 1 aromatic heterocycles. The van der Waals surface area contributed by atoms with Crippen LogP contribution in [0.15, 0.2) is 58.3 Å². The average molecular weight is 421 g/mol. The van der Waals surface area contributed by atoms with Crippen LogP contribution in [0.25, 0.3) is 0 Å².